The minimum absolute atomic E-state index is 0.0923. The van der Waals surface area contributed by atoms with E-state index in [1.807, 2.05) is 21.1 Å². The average molecular weight is 440 g/mol. The number of hydrogen-bond donors (Lipinski definition) is 2. The molecule has 2 unspecified atom stereocenters. The van der Waals surface area contributed by atoms with Gasteiger partial charge < -0.3 is 28.6 Å². The summed E-state index contributed by atoms with van der Waals surface area (Å²) < 4.78 is 21.9. The summed E-state index contributed by atoms with van der Waals surface area (Å²) in [4.78, 5) is 24.0. The largest absolute Gasteiger partial charge is 0.756 e. The molecule has 8 nitrogen and oxygen atoms in total. The van der Waals surface area contributed by atoms with Gasteiger partial charge in [0.05, 0.1) is 27.7 Å². The molecule has 0 heterocycles. The topological polar surface area (TPSA) is 116 Å². The van der Waals surface area contributed by atoms with E-state index in [0.717, 1.165) is 19.3 Å². The molecule has 0 radical (unpaired) electrons. The molecule has 3 atom stereocenters. The highest BCUT2D eigenvalue weighted by molar-refractivity contribution is 7.45. The number of rotatable bonds is 19. The molecule has 9 heteroatoms. The summed E-state index contributed by atoms with van der Waals surface area (Å²) in [5.74, 6) is -0.529. The Balaban J connectivity index is 4.16. The van der Waals surface area contributed by atoms with E-state index in [-0.39, 0.29) is 13.0 Å². The number of ketones is 1. The fourth-order valence-corrected chi connectivity index (χ4v) is 3.66. The Morgan fingerprint density at radius 1 is 1.03 bits per heavy atom. The Hall–Kier alpha value is -0.340. The molecule has 0 saturated carbocycles. The highest BCUT2D eigenvalue weighted by Crippen LogP contribution is 2.40. The van der Waals surface area contributed by atoms with E-state index >= 15 is 0 Å². The highest BCUT2D eigenvalue weighted by atomic mass is 31.2. The second-order valence-corrected chi connectivity index (χ2v) is 9.97. The standard InChI is InChI=1S/C20H42NO7P/c1-5-6-7-8-9-10-11-12-13-14-18(23)20(24)19(17-22)28-29(25,26)27-16-15-21(2,3)4/h19-20,22,24H,5-17H2,1-4H3/t19-,20?/m0/s1. The van der Waals surface area contributed by atoms with Crippen molar-refractivity contribution in [1.82, 2.24) is 0 Å². The van der Waals surface area contributed by atoms with E-state index in [0.29, 0.717) is 17.4 Å². The molecule has 174 valence electrons. The number of nitrogens with zero attached hydrogens (tertiary/aromatic N) is 1. The van der Waals surface area contributed by atoms with Gasteiger partial charge in [0.25, 0.3) is 7.82 Å². The summed E-state index contributed by atoms with van der Waals surface area (Å²) in [6.45, 7) is 1.73. The maximum atomic E-state index is 12.1. The van der Waals surface area contributed by atoms with Crippen LogP contribution in [0.25, 0.3) is 0 Å². The van der Waals surface area contributed by atoms with Gasteiger partial charge in [0.2, 0.25) is 0 Å². The van der Waals surface area contributed by atoms with Gasteiger partial charge in [-0.3, -0.25) is 9.36 Å². The number of carbonyl (C=O) groups excluding carboxylic acids is 1. The lowest BCUT2D eigenvalue weighted by atomic mass is 10.0. The predicted octanol–water partition coefficient (Wildman–Crippen LogP) is 2.41. The molecule has 0 aliphatic rings. The summed E-state index contributed by atoms with van der Waals surface area (Å²) >= 11 is 0. The number of aliphatic hydroxyl groups excluding tert-OH is 2. The maximum Gasteiger partial charge on any atom is 0.268 e. The molecule has 0 spiro atoms. The zero-order valence-corrected chi connectivity index (χ0v) is 19.6. The van der Waals surface area contributed by atoms with E-state index < -0.39 is 32.4 Å². The maximum absolute atomic E-state index is 12.1. The number of quaternary nitrogens is 1. The van der Waals surface area contributed by atoms with Gasteiger partial charge in [0, 0.05) is 6.42 Å². The number of aliphatic hydroxyl groups is 2. The second-order valence-electron chi connectivity index (χ2n) is 8.61. The van der Waals surface area contributed by atoms with Crippen LogP contribution in [-0.4, -0.2) is 73.6 Å². The van der Waals surface area contributed by atoms with Crippen LogP contribution in [0.4, 0.5) is 0 Å². The molecule has 2 N–H and O–H groups in total. The summed E-state index contributed by atoms with van der Waals surface area (Å²) in [6.07, 6.45) is 6.77. The zero-order chi connectivity index (χ0) is 22.3. The first kappa shape index (κ1) is 28.7. The lowest BCUT2D eigenvalue weighted by Gasteiger charge is -2.30. The molecule has 29 heavy (non-hydrogen) atoms. The monoisotopic (exact) mass is 439 g/mol. The number of unbranched alkanes of at least 4 members (excludes halogenated alkanes) is 8. The van der Waals surface area contributed by atoms with Crippen molar-refractivity contribution in [2.45, 2.75) is 83.3 Å². The third kappa shape index (κ3) is 16.1. The summed E-state index contributed by atoms with van der Waals surface area (Å²) in [5, 5.41) is 19.4. The van der Waals surface area contributed by atoms with Crippen LogP contribution in [0, 0.1) is 0 Å². The lowest BCUT2D eigenvalue weighted by molar-refractivity contribution is -0.870. The minimum atomic E-state index is -4.73. The van der Waals surface area contributed by atoms with Gasteiger partial charge in [-0.2, -0.15) is 0 Å². The number of Topliss-reactive ketones (excluding diaryl/α,β-unsaturated/α-hetero) is 1. The van der Waals surface area contributed by atoms with E-state index in [4.69, 9.17) is 9.05 Å². The molecule has 0 aromatic heterocycles. The normalized spacial score (nSPS) is 16.4. The van der Waals surface area contributed by atoms with Gasteiger partial charge in [0.15, 0.2) is 5.78 Å². The van der Waals surface area contributed by atoms with Crippen LogP contribution in [0.15, 0.2) is 0 Å². The molecule has 0 amide bonds. The first-order valence-corrected chi connectivity index (χ1v) is 12.2. The van der Waals surface area contributed by atoms with Crippen molar-refractivity contribution in [3.8, 4) is 0 Å². The quantitative estimate of drug-likeness (QED) is 0.180. The summed E-state index contributed by atoms with van der Waals surface area (Å²) in [6, 6.07) is 0. The summed E-state index contributed by atoms with van der Waals surface area (Å²) in [7, 11) is 0.911. The van der Waals surface area contributed by atoms with E-state index in [9.17, 15) is 24.5 Å². The highest BCUT2D eigenvalue weighted by Gasteiger charge is 2.30. The Morgan fingerprint density at radius 2 is 1.55 bits per heavy atom. The minimum Gasteiger partial charge on any atom is -0.756 e. The van der Waals surface area contributed by atoms with Gasteiger partial charge in [-0.25, -0.2) is 0 Å². The average Bonchev–Trinajstić information content (AvgIpc) is 2.62. The number of phosphoric ester groups is 1. The van der Waals surface area contributed by atoms with Crippen molar-refractivity contribution in [3.05, 3.63) is 0 Å². The van der Waals surface area contributed by atoms with Crippen molar-refractivity contribution >= 4 is 13.6 Å². The van der Waals surface area contributed by atoms with Crippen molar-refractivity contribution in [2.24, 2.45) is 0 Å². The van der Waals surface area contributed by atoms with Crippen molar-refractivity contribution in [2.75, 3.05) is 40.9 Å². The van der Waals surface area contributed by atoms with E-state index in [1.165, 1.54) is 32.1 Å². The molecule has 0 aromatic carbocycles. The fourth-order valence-electron chi connectivity index (χ4n) is 2.78. The van der Waals surface area contributed by atoms with Crippen molar-refractivity contribution in [1.29, 1.82) is 0 Å². The Bertz CT molecular complexity index is 482. The number of carbonyl (C=O) groups is 1. The molecule has 0 saturated heterocycles. The Labute approximate surface area is 176 Å². The van der Waals surface area contributed by atoms with E-state index in [2.05, 4.69) is 6.92 Å². The zero-order valence-electron chi connectivity index (χ0n) is 18.7. The lowest BCUT2D eigenvalue weighted by Crippen LogP contribution is -2.40. The van der Waals surface area contributed by atoms with Crippen LogP contribution in [0.1, 0.15) is 71.1 Å². The molecule has 0 aromatic rings. The smallest absolute Gasteiger partial charge is 0.268 e. The van der Waals surface area contributed by atoms with Crippen LogP contribution >= 0.6 is 7.82 Å². The van der Waals surface area contributed by atoms with Crippen molar-refractivity contribution in [3.63, 3.8) is 0 Å². The van der Waals surface area contributed by atoms with Gasteiger partial charge in [-0.15, -0.1) is 0 Å². The first-order chi connectivity index (χ1) is 13.5. The number of hydrogen-bond acceptors (Lipinski definition) is 7. The van der Waals surface area contributed by atoms with Crippen LogP contribution in [0.2, 0.25) is 0 Å². The first-order valence-electron chi connectivity index (χ1n) is 10.8. The third-order valence-corrected chi connectivity index (χ3v) is 5.69. The number of likely N-dealkylation sites (N-methyl/N-ethyl adjacent to an activating group) is 1. The molecule has 0 aliphatic heterocycles. The molecule has 0 rings (SSSR count). The molecule has 0 bridgehead atoms. The van der Waals surface area contributed by atoms with Crippen LogP contribution in [0.3, 0.4) is 0 Å². The molecule has 0 fully saturated rings. The Kier molecular flexibility index (Phi) is 15.3. The van der Waals surface area contributed by atoms with Gasteiger partial charge in [0.1, 0.15) is 25.4 Å². The van der Waals surface area contributed by atoms with Gasteiger partial charge in [-0.1, -0.05) is 58.3 Å². The van der Waals surface area contributed by atoms with Crippen molar-refractivity contribution < 1.29 is 38.0 Å². The van der Waals surface area contributed by atoms with Gasteiger partial charge >= 0.3 is 0 Å². The predicted molar refractivity (Wildman–Crippen MR) is 111 cm³/mol. The molecular formula is C20H42NO7P. The Morgan fingerprint density at radius 3 is 2.03 bits per heavy atom. The second kappa shape index (κ2) is 15.5. The van der Waals surface area contributed by atoms with Crippen LogP contribution < -0.4 is 4.89 Å². The number of phosphoric acid groups is 1. The molecule has 0 aliphatic carbocycles. The fraction of sp³-hybridized carbons (Fsp3) is 0.950. The van der Waals surface area contributed by atoms with E-state index in [1.54, 1.807) is 0 Å². The van der Waals surface area contributed by atoms with Crippen LogP contribution in [-0.2, 0) is 18.4 Å². The van der Waals surface area contributed by atoms with Gasteiger partial charge in [-0.05, 0) is 6.42 Å². The third-order valence-electron chi connectivity index (χ3n) is 4.66. The molecular weight excluding hydrogens is 397 g/mol. The van der Waals surface area contributed by atoms with Crippen LogP contribution in [0.5, 0.6) is 0 Å². The SMILES string of the molecule is CCCCCCCCCCCC(=O)C(O)[C@H](CO)OP(=O)([O-])OCC[N+](C)(C)C. The summed E-state index contributed by atoms with van der Waals surface area (Å²) in [5.41, 5.74) is 0.